The molecule has 4 heterocycles. The molecule has 0 saturated heterocycles. The van der Waals surface area contributed by atoms with Crippen LogP contribution in [0.1, 0.15) is 24.0 Å². The fraction of sp³-hybridized carbons (Fsp3) is 0.130. The van der Waals surface area contributed by atoms with Gasteiger partial charge in [-0.3, -0.25) is 0 Å². The highest BCUT2D eigenvalue weighted by atomic mass is 15.1. The van der Waals surface area contributed by atoms with Gasteiger partial charge in [0.2, 0.25) is 0 Å². The molecule has 0 fully saturated rings. The van der Waals surface area contributed by atoms with Crippen LogP contribution in [0, 0.1) is 0 Å². The highest BCUT2D eigenvalue weighted by molar-refractivity contribution is 6.07. The van der Waals surface area contributed by atoms with Crippen molar-refractivity contribution in [3.05, 3.63) is 169 Å². The number of benzene rings is 6. The summed E-state index contributed by atoms with van der Waals surface area (Å²) < 4.78 is 4.65. The van der Waals surface area contributed by atoms with Crippen LogP contribution in [0.4, 0.5) is 0 Å². The first kappa shape index (κ1) is 31.6. The molecule has 0 saturated carbocycles. The molecule has 6 heteroatoms. The second kappa shape index (κ2) is 14.1. The van der Waals surface area contributed by atoms with Crippen LogP contribution < -0.4 is 0 Å². The third-order valence-corrected chi connectivity index (χ3v) is 9.90. The molecule has 52 heavy (non-hydrogen) atoms. The maximum atomic E-state index is 4.94. The molecule has 0 unspecified atom stereocenters. The van der Waals surface area contributed by atoms with Crippen LogP contribution in [0.3, 0.4) is 0 Å². The van der Waals surface area contributed by atoms with Gasteiger partial charge in [0.25, 0.3) is 0 Å². The highest BCUT2D eigenvalue weighted by Gasteiger charge is 2.15. The lowest BCUT2D eigenvalue weighted by atomic mass is 10.1. The number of hydrogen-bond donors (Lipinski definition) is 0. The molecule has 0 spiro atoms. The second-order valence-electron chi connectivity index (χ2n) is 13.3. The highest BCUT2D eigenvalue weighted by Crippen LogP contribution is 2.30. The maximum absolute atomic E-state index is 4.94. The fourth-order valence-electron chi connectivity index (χ4n) is 7.39. The quantitative estimate of drug-likeness (QED) is 0.161. The summed E-state index contributed by atoms with van der Waals surface area (Å²) in [5.74, 6) is 0. The van der Waals surface area contributed by atoms with E-state index in [-0.39, 0.29) is 0 Å². The Labute approximate surface area is 302 Å². The van der Waals surface area contributed by atoms with E-state index in [9.17, 15) is 0 Å². The van der Waals surface area contributed by atoms with Gasteiger partial charge in [0.1, 0.15) is 11.0 Å². The lowest BCUT2D eigenvalue weighted by Crippen LogP contribution is -2.01. The van der Waals surface area contributed by atoms with Crippen molar-refractivity contribution in [2.45, 2.75) is 38.8 Å². The molecular formula is C46H38N6. The lowest BCUT2D eigenvalue weighted by Gasteiger charge is -2.07. The van der Waals surface area contributed by atoms with Crippen LogP contribution >= 0.6 is 0 Å². The molecule has 6 nitrogen and oxygen atoms in total. The van der Waals surface area contributed by atoms with Crippen molar-refractivity contribution in [3.8, 4) is 0 Å². The Hall–Kier alpha value is -6.40. The molecule has 0 aliphatic heterocycles. The van der Waals surface area contributed by atoms with E-state index in [0.29, 0.717) is 0 Å². The van der Waals surface area contributed by atoms with Crippen molar-refractivity contribution >= 4 is 66.2 Å². The molecule has 10 rings (SSSR count). The van der Waals surface area contributed by atoms with Crippen molar-refractivity contribution in [3.63, 3.8) is 0 Å². The smallest absolute Gasteiger partial charge is 0.160 e. The van der Waals surface area contributed by atoms with Gasteiger partial charge >= 0.3 is 0 Å². The average molecular weight is 675 g/mol. The summed E-state index contributed by atoms with van der Waals surface area (Å²) in [6.07, 6.45) is 4.28. The van der Waals surface area contributed by atoms with Crippen LogP contribution in [0.25, 0.3) is 66.2 Å². The van der Waals surface area contributed by atoms with Gasteiger partial charge in [-0.1, -0.05) is 121 Å². The van der Waals surface area contributed by atoms with E-state index < -0.39 is 0 Å². The van der Waals surface area contributed by atoms with Crippen molar-refractivity contribution in [1.29, 1.82) is 0 Å². The number of para-hydroxylation sites is 6. The molecule has 0 radical (unpaired) electrons. The van der Waals surface area contributed by atoms with Gasteiger partial charge in [0, 0.05) is 23.9 Å². The Morgan fingerprint density at radius 1 is 0.346 bits per heavy atom. The first-order chi connectivity index (χ1) is 25.8. The van der Waals surface area contributed by atoms with Gasteiger partial charge in [-0.2, -0.15) is 0 Å². The van der Waals surface area contributed by atoms with E-state index in [1.807, 2.05) is 48.5 Å². The normalized spacial score (nSPS) is 11.5. The van der Waals surface area contributed by atoms with Gasteiger partial charge in [0.05, 0.1) is 33.1 Å². The first-order valence-electron chi connectivity index (χ1n) is 18.2. The van der Waals surface area contributed by atoms with Gasteiger partial charge in [0.15, 0.2) is 11.3 Å². The molecule has 0 bridgehead atoms. The molecule has 0 aliphatic rings. The molecule has 6 aromatic carbocycles. The van der Waals surface area contributed by atoms with E-state index in [1.165, 1.54) is 32.9 Å². The molecule has 4 aromatic heterocycles. The molecular weight excluding hydrogens is 637 g/mol. The van der Waals surface area contributed by atoms with Crippen molar-refractivity contribution < 1.29 is 0 Å². The summed E-state index contributed by atoms with van der Waals surface area (Å²) in [6, 6.07) is 54.5. The number of rotatable bonds is 8. The number of fused-ring (bicyclic) bond motifs is 8. The second-order valence-corrected chi connectivity index (χ2v) is 13.3. The summed E-state index contributed by atoms with van der Waals surface area (Å²) >= 11 is 0. The van der Waals surface area contributed by atoms with Crippen molar-refractivity contribution in [2.24, 2.45) is 0 Å². The minimum Gasteiger partial charge on any atom is -0.324 e. The number of aryl methyl sites for hydroxylation is 4. The van der Waals surface area contributed by atoms with E-state index in [2.05, 4.69) is 118 Å². The van der Waals surface area contributed by atoms with E-state index in [0.717, 1.165) is 83.2 Å². The molecule has 0 amide bonds. The topological polar surface area (TPSA) is 61.4 Å². The van der Waals surface area contributed by atoms with E-state index in [1.54, 1.807) is 0 Å². The number of hydrogen-bond acceptors (Lipinski definition) is 4. The van der Waals surface area contributed by atoms with Crippen LogP contribution in [-0.4, -0.2) is 29.1 Å². The van der Waals surface area contributed by atoms with E-state index in [4.69, 9.17) is 19.9 Å². The van der Waals surface area contributed by atoms with Gasteiger partial charge in [-0.15, -0.1) is 0 Å². The Morgan fingerprint density at radius 2 is 0.692 bits per heavy atom. The third-order valence-electron chi connectivity index (χ3n) is 9.90. The number of aromatic nitrogens is 6. The Bertz CT molecular complexity index is 2610. The van der Waals surface area contributed by atoms with Crippen molar-refractivity contribution in [1.82, 2.24) is 29.1 Å². The third kappa shape index (κ3) is 6.13. The maximum Gasteiger partial charge on any atom is 0.160 e. The molecule has 252 valence electrons. The predicted octanol–water partition coefficient (Wildman–Crippen LogP) is 10.7. The Morgan fingerprint density at radius 3 is 1.12 bits per heavy atom. The predicted molar refractivity (Wildman–Crippen MR) is 215 cm³/mol. The van der Waals surface area contributed by atoms with Gasteiger partial charge < -0.3 is 9.13 Å². The summed E-state index contributed by atoms with van der Waals surface area (Å²) in [7, 11) is 0. The van der Waals surface area contributed by atoms with Crippen LogP contribution in [0.2, 0.25) is 0 Å². The van der Waals surface area contributed by atoms with Crippen LogP contribution in [0.5, 0.6) is 0 Å². The number of nitrogens with zero attached hydrogens (tertiary/aromatic N) is 6. The van der Waals surface area contributed by atoms with Gasteiger partial charge in [-0.05, 0) is 73.2 Å². The zero-order valence-corrected chi connectivity index (χ0v) is 28.9. The molecule has 0 aliphatic carbocycles. The minimum absolute atomic E-state index is 0.936. The molecule has 0 N–H and O–H groups in total. The summed E-state index contributed by atoms with van der Waals surface area (Å²) in [5.41, 5.74) is 13.0. The Balaban J connectivity index is 0.000000138. The van der Waals surface area contributed by atoms with Crippen LogP contribution in [-0.2, 0) is 25.9 Å². The SMILES string of the molecule is c1ccc(CCCn2c3ccccc3c3nc4ccccc4nc32)cc1.c1ccc(CCCn2c3ccccc3c3nc4ccccc4nc32)cc1. The van der Waals surface area contributed by atoms with Gasteiger partial charge in [-0.25, -0.2) is 19.9 Å². The molecule has 10 aromatic rings. The Kier molecular flexibility index (Phi) is 8.55. The molecule has 0 atom stereocenters. The zero-order chi connectivity index (χ0) is 34.7. The summed E-state index contributed by atoms with van der Waals surface area (Å²) in [5, 5.41) is 2.36. The largest absolute Gasteiger partial charge is 0.324 e. The van der Waals surface area contributed by atoms with Crippen LogP contribution in [0.15, 0.2) is 158 Å². The summed E-state index contributed by atoms with van der Waals surface area (Å²) in [4.78, 5) is 19.7. The standard InChI is InChI=1S/2C23H19N3/c2*1-2-9-17(10-3-1)11-8-16-26-21-15-7-4-12-18(21)22-23(26)25-20-14-6-5-13-19(20)24-22/h2*1-7,9-10,12-15H,8,11,16H2. The fourth-order valence-corrected chi connectivity index (χ4v) is 7.39. The average Bonchev–Trinajstić information content (AvgIpc) is 3.68. The van der Waals surface area contributed by atoms with E-state index >= 15 is 0 Å². The minimum atomic E-state index is 0.936. The summed E-state index contributed by atoms with van der Waals surface area (Å²) in [6.45, 7) is 1.87. The zero-order valence-electron chi connectivity index (χ0n) is 28.9. The monoisotopic (exact) mass is 674 g/mol. The first-order valence-corrected chi connectivity index (χ1v) is 18.2. The lowest BCUT2D eigenvalue weighted by molar-refractivity contribution is 0.674. The van der Waals surface area contributed by atoms with Crippen molar-refractivity contribution in [2.75, 3.05) is 0 Å².